The van der Waals surface area contributed by atoms with Crippen molar-refractivity contribution in [2.75, 3.05) is 0 Å². The average molecular weight is 309 g/mol. The van der Waals surface area contributed by atoms with E-state index in [1.165, 1.54) is 11.3 Å². The van der Waals surface area contributed by atoms with Crippen molar-refractivity contribution in [3.05, 3.63) is 65.4 Å². The van der Waals surface area contributed by atoms with Crippen LogP contribution in [0.1, 0.15) is 21.7 Å². The summed E-state index contributed by atoms with van der Waals surface area (Å²) in [6.07, 6.45) is -1.31. The molecule has 2 aromatic heterocycles. The summed E-state index contributed by atoms with van der Waals surface area (Å²) in [5.41, 5.74) is 1.40. The van der Waals surface area contributed by atoms with Crippen molar-refractivity contribution in [3.8, 4) is 0 Å². The topological polar surface area (TPSA) is 63.3 Å². The molecule has 1 N–H and O–H groups in total. The molecule has 4 aromatic rings. The maximum atomic E-state index is 12.4. The zero-order valence-electron chi connectivity index (χ0n) is 11.4. The Kier molecular flexibility index (Phi) is 3.03. The number of thiazole rings is 1. The summed E-state index contributed by atoms with van der Waals surface area (Å²) in [6, 6.07) is 16.5. The molecule has 0 spiro atoms. The van der Waals surface area contributed by atoms with Gasteiger partial charge in [0.15, 0.2) is 11.9 Å². The number of furan rings is 1. The van der Waals surface area contributed by atoms with Gasteiger partial charge in [0.1, 0.15) is 10.6 Å². The van der Waals surface area contributed by atoms with Crippen molar-refractivity contribution in [1.29, 1.82) is 0 Å². The Morgan fingerprint density at radius 1 is 1.14 bits per heavy atom. The van der Waals surface area contributed by atoms with Gasteiger partial charge < -0.3 is 9.52 Å². The molecule has 0 radical (unpaired) electrons. The lowest BCUT2D eigenvalue weighted by Crippen LogP contribution is -2.11. The van der Waals surface area contributed by atoms with E-state index < -0.39 is 11.9 Å². The number of benzene rings is 2. The van der Waals surface area contributed by atoms with Crippen LogP contribution in [0.15, 0.2) is 59.0 Å². The summed E-state index contributed by atoms with van der Waals surface area (Å²) in [5.74, 6) is -0.330. The normalized spacial score (nSPS) is 12.8. The molecular weight excluding hydrogens is 298 g/mol. The highest BCUT2D eigenvalue weighted by Gasteiger charge is 2.25. The number of nitrogens with zero attached hydrogens (tertiary/aromatic N) is 1. The van der Waals surface area contributed by atoms with Crippen LogP contribution < -0.4 is 0 Å². The Labute approximate surface area is 129 Å². The van der Waals surface area contributed by atoms with Crippen LogP contribution in [0.25, 0.3) is 21.2 Å². The molecule has 22 heavy (non-hydrogen) atoms. The summed E-state index contributed by atoms with van der Waals surface area (Å²) < 4.78 is 6.45. The molecule has 1 atom stereocenters. The number of aromatic nitrogens is 1. The van der Waals surface area contributed by atoms with E-state index in [0.717, 1.165) is 15.6 Å². The van der Waals surface area contributed by atoms with Crippen LogP contribution in [-0.4, -0.2) is 15.9 Å². The van der Waals surface area contributed by atoms with Crippen LogP contribution in [0.4, 0.5) is 0 Å². The number of hydrogen-bond acceptors (Lipinski definition) is 5. The third kappa shape index (κ3) is 2.11. The highest BCUT2D eigenvalue weighted by atomic mass is 32.1. The van der Waals surface area contributed by atoms with Crippen molar-refractivity contribution < 1.29 is 14.3 Å². The zero-order valence-corrected chi connectivity index (χ0v) is 12.2. The highest BCUT2D eigenvalue weighted by molar-refractivity contribution is 7.18. The number of Topliss-reactive ketones (excluding diaryl/α,β-unsaturated/α-hetero) is 1. The second-order valence-electron chi connectivity index (χ2n) is 4.94. The molecular formula is C17H11NO3S. The van der Waals surface area contributed by atoms with Crippen LogP contribution >= 0.6 is 11.3 Å². The Balaban J connectivity index is 1.71. The van der Waals surface area contributed by atoms with E-state index in [9.17, 15) is 9.90 Å². The number of hydrogen-bond donors (Lipinski definition) is 1. The molecule has 0 saturated carbocycles. The summed E-state index contributed by atoms with van der Waals surface area (Å²) in [7, 11) is 0. The van der Waals surface area contributed by atoms with Crippen LogP contribution in [0, 0.1) is 0 Å². The molecule has 4 nitrogen and oxygen atoms in total. The molecule has 0 saturated heterocycles. The SMILES string of the molecule is O=C(c1cc2ccccc2o1)[C@@H](O)c1nc2ccccc2s1. The van der Waals surface area contributed by atoms with E-state index in [4.69, 9.17) is 4.42 Å². The summed E-state index contributed by atoms with van der Waals surface area (Å²) in [5, 5.41) is 11.5. The largest absolute Gasteiger partial charge is 0.453 e. The first kappa shape index (κ1) is 13.2. The van der Waals surface area contributed by atoms with E-state index in [0.29, 0.717) is 10.6 Å². The Morgan fingerprint density at radius 3 is 2.73 bits per heavy atom. The lowest BCUT2D eigenvalue weighted by molar-refractivity contribution is 0.0720. The van der Waals surface area contributed by atoms with Crippen molar-refractivity contribution in [2.24, 2.45) is 0 Å². The lowest BCUT2D eigenvalue weighted by Gasteiger charge is -2.02. The van der Waals surface area contributed by atoms with E-state index in [-0.39, 0.29) is 5.76 Å². The summed E-state index contributed by atoms with van der Waals surface area (Å²) >= 11 is 1.31. The first-order valence-electron chi connectivity index (χ1n) is 6.79. The maximum Gasteiger partial charge on any atom is 0.233 e. The molecule has 108 valence electrons. The van der Waals surface area contributed by atoms with Crippen LogP contribution in [0.5, 0.6) is 0 Å². The molecule has 0 aliphatic rings. The molecule has 0 amide bonds. The molecule has 0 fully saturated rings. The maximum absolute atomic E-state index is 12.4. The molecule has 0 aliphatic carbocycles. The van der Waals surface area contributed by atoms with Crippen molar-refractivity contribution in [2.45, 2.75) is 6.10 Å². The van der Waals surface area contributed by atoms with E-state index in [1.54, 1.807) is 12.1 Å². The molecule has 2 aromatic carbocycles. The minimum absolute atomic E-state index is 0.146. The monoisotopic (exact) mass is 309 g/mol. The highest BCUT2D eigenvalue weighted by Crippen LogP contribution is 2.29. The minimum atomic E-state index is -1.31. The number of carbonyl (C=O) groups is 1. The fourth-order valence-corrected chi connectivity index (χ4v) is 3.31. The molecule has 4 rings (SSSR count). The van der Waals surface area contributed by atoms with E-state index in [1.807, 2.05) is 42.5 Å². The van der Waals surface area contributed by atoms with Gasteiger partial charge in [0.05, 0.1) is 10.2 Å². The fraction of sp³-hybridized carbons (Fsp3) is 0.0588. The Morgan fingerprint density at radius 2 is 1.91 bits per heavy atom. The molecule has 0 unspecified atom stereocenters. The van der Waals surface area contributed by atoms with Gasteiger partial charge in [0.25, 0.3) is 0 Å². The predicted molar refractivity (Wildman–Crippen MR) is 85.1 cm³/mol. The molecule has 0 aliphatic heterocycles. The second kappa shape index (κ2) is 5.05. The zero-order chi connectivity index (χ0) is 15.1. The second-order valence-corrected chi connectivity index (χ2v) is 6.00. The van der Waals surface area contributed by atoms with E-state index >= 15 is 0 Å². The van der Waals surface area contributed by atoms with Crippen molar-refractivity contribution >= 4 is 38.3 Å². The van der Waals surface area contributed by atoms with Crippen LogP contribution in [-0.2, 0) is 0 Å². The van der Waals surface area contributed by atoms with Gasteiger partial charge in [-0.25, -0.2) is 4.98 Å². The Bertz CT molecular complexity index is 920. The first-order valence-corrected chi connectivity index (χ1v) is 7.60. The molecule has 0 bridgehead atoms. The van der Waals surface area contributed by atoms with Crippen LogP contribution in [0.3, 0.4) is 0 Å². The third-order valence-corrected chi connectivity index (χ3v) is 4.55. The minimum Gasteiger partial charge on any atom is -0.453 e. The van der Waals surface area contributed by atoms with Gasteiger partial charge in [0.2, 0.25) is 5.78 Å². The van der Waals surface area contributed by atoms with E-state index in [2.05, 4.69) is 4.98 Å². The number of para-hydroxylation sites is 2. The van der Waals surface area contributed by atoms with Gasteiger partial charge in [0, 0.05) is 5.39 Å². The lowest BCUT2D eigenvalue weighted by atomic mass is 10.2. The van der Waals surface area contributed by atoms with Gasteiger partial charge in [-0.3, -0.25) is 4.79 Å². The van der Waals surface area contributed by atoms with Gasteiger partial charge in [-0.05, 0) is 24.3 Å². The molecule has 5 heteroatoms. The number of ketones is 1. The van der Waals surface area contributed by atoms with Crippen molar-refractivity contribution in [1.82, 2.24) is 4.98 Å². The summed E-state index contributed by atoms with van der Waals surface area (Å²) in [6.45, 7) is 0. The average Bonchev–Trinajstić information content (AvgIpc) is 3.16. The number of aliphatic hydroxyl groups excluding tert-OH is 1. The number of carbonyl (C=O) groups excluding carboxylic acids is 1. The van der Waals surface area contributed by atoms with Gasteiger partial charge in [-0.1, -0.05) is 30.3 Å². The predicted octanol–water partition coefficient (Wildman–Crippen LogP) is 3.96. The standard InChI is InChI=1S/C17H11NO3S/c19-15(13-9-10-5-1-3-7-12(10)21-13)16(20)17-18-11-6-2-4-8-14(11)22-17/h1-9,16,20H/t16-/m1/s1. The Hall–Kier alpha value is -2.50. The third-order valence-electron chi connectivity index (χ3n) is 3.46. The fourth-order valence-electron chi connectivity index (χ4n) is 2.36. The van der Waals surface area contributed by atoms with Gasteiger partial charge in [-0.2, -0.15) is 0 Å². The summed E-state index contributed by atoms with van der Waals surface area (Å²) in [4.78, 5) is 16.7. The van der Waals surface area contributed by atoms with Gasteiger partial charge >= 0.3 is 0 Å². The molecule has 2 heterocycles. The quantitative estimate of drug-likeness (QED) is 0.582. The number of rotatable bonds is 3. The number of aliphatic hydroxyl groups is 1. The van der Waals surface area contributed by atoms with Crippen molar-refractivity contribution in [3.63, 3.8) is 0 Å². The first-order chi connectivity index (χ1) is 10.7. The van der Waals surface area contributed by atoms with Gasteiger partial charge in [-0.15, -0.1) is 11.3 Å². The van der Waals surface area contributed by atoms with Crippen LogP contribution in [0.2, 0.25) is 0 Å². The smallest absolute Gasteiger partial charge is 0.233 e. The number of fused-ring (bicyclic) bond motifs is 2.